The van der Waals surface area contributed by atoms with Gasteiger partial charge in [0.15, 0.2) is 6.10 Å². The van der Waals surface area contributed by atoms with Crippen LogP contribution in [-0.4, -0.2) is 37.4 Å². The molecule has 200 valence electrons. The number of aliphatic hydroxyl groups is 1. The van der Waals surface area contributed by atoms with Crippen molar-refractivity contribution in [1.29, 1.82) is 0 Å². The first-order valence-electron chi connectivity index (χ1n) is 12.7. The van der Waals surface area contributed by atoms with Crippen molar-refractivity contribution in [3.8, 4) is 0 Å². The maximum Gasteiger partial charge on any atom is 0.416 e. The van der Waals surface area contributed by atoms with E-state index in [1.54, 1.807) is 0 Å². The van der Waals surface area contributed by atoms with Gasteiger partial charge in [-0.25, -0.2) is 4.98 Å². The number of amides is 1. The standard InChI is InChI=1S/C28H29F3N4O3/c1-16(2)18-12-20(14-32-13-18)27(8-9-27)26-33-22-7-4-10-35(15-21(22)24(37)34-26)25(38)23(36)17-5-3-6-19(11-17)28(29,30)31/h3,5-6,11-14,16,23,36H,4,7-10,15H2,1-2H3,(H,33,34,37). The molecule has 3 aromatic rings. The summed E-state index contributed by atoms with van der Waals surface area (Å²) in [5.74, 6) is 0.149. The molecule has 1 aromatic carbocycles. The number of rotatable bonds is 5. The third-order valence-corrected chi connectivity index (χ3v) is 7.55. The Morgan fingerprint density at radius 1 is 1.16 bits per heavy atom. The summed E-state index contributed by atoms with van der Waals surface area (Å²) in [6, 6.07) is 6.21. The summed E-state index contributed by atoms with van der Waals surface area (Å²) in [6.07, 6.45) is -0.0610. The molecule has 5 rings (SSSR count). The number of aromatic amines is 1. The van der Waals surface area contributed by atoms with Gasteiger partial charge in [0, 0.05) is 18.9 Å². The summed E-state index contributed by atoms with van der Waals surface area (Å²) < 4.78 is 39.3. The van der Waals surface area contributed by atoms with Crippen LogP contribution in [0.5, 0.6) is 0 Å². The molecule has 10 heteroatoms. The first-order chi connectivity index (χ1) is 18.0. The van der Waals surface area contributed by atoms with Crippen LogP contribution in [0.2, 0.25) is 0 Å². The molecular weight excluding hydrogens is 497 g/mol. The number of carbonyl (C=O) groups is 1. The van der Waals surface area contributed by atoms with E-state index in [0.717, 1.165) is 42.2 Å². The second-order valence-electron chi connectivity index (χ2n) is 10.5. The average Bonchev–Trinajstić information content (AvgIpc) is 3.72. The Balaban J connectivity index is 1.41. The molecule has 0 saturated heterocycles. The molecule has 2 aromatic heterocycles. The second-order valence-corrected chi connectivity index (χ2v) is 10.5. The Labute approximate surface area is 217 Å². The molecule has 1 aliphatic heterocycles. The Bertz CT molecular complexity index is 1430. The van der Waals surface area contributed by atoms with Crippen LogP contribution in [0.15, 0.2) is 47.5 Å². The third-order valence-electron chi connectivity index (χ3n) is 7.55. The molecule has 0 radical (unpaired) electrons. The molecule has 1 fully saturated rings. The SMILES string of the molecule is CC(C)c1cncc(C2(c3nc4c(c(=O)[nH]3)CN(C(=O)C(O)c3cccc(C(F)(F)F)c3)CCC4)CC2)c1. The quantitative estimate of drug-likeness (QED) is 0.514. The zero-order valence-corrected chi connectivity index (χ0v) is 21.2. The van der Waals surface area contributed by atoms with Crippen LogP contribution in [0.25, 0.3) is 0 Å². The lowest BCUT2D eigenvalue weighted by molar-refractivity contribution is -0.142. The number of benzene rings is 1. The lowest BCUT2D eigenvalue weighted by atomic mass is 9.93. The van der Waals surface area contributed by atoms with Crippen molar-refractivity contribution < 1.29 is 23.1 Å². The van der Waals surface area contributed by atoms with E-state index in [4.69, 9.17) is 4.98 Å². The summed E-state index contributed by atoms with van der Waals surface area (Å²) in [5, 5.41) is 10.6. The number of H-pyrrole nitrogens is 1. The van der Waals surface area contributed by atoms with Crippen LogP contribution < -0.4 is 5.56 Å². The fourth-order valence-corrected chi connectivity index (χ4v) is 5.06. The average molecular weight is 527 g/mol. The Kier molecular flexibility index (Phi) is 6.63. The van der Waals surface area contributed by atoms with Gasteiger partial charge in [-0.1, -0.05) is 32.0 Å². The van der Waals surface area contributed by atoms with Gasteiger partial charge < -0.3 is 15.0 Å². The number of nitrogens with one attached hydrogen (secondary N) is 1. The number of alkyl halides is 3. The minimum absolute atomic E-state index is 0.0792. The molecule has 1 aliphatic carbocycles. The number of aryl methyl sites for hydroxylation is 1. The van der Waals surface area contributed by atoms with Crippen molar-refractivity contribution in [2.45, 2.75) is 69.7 Å². The highest BCUT2D eigenvalue weighted by molar-refractivity contribution is 5.82. The van der Waals surface area contributed by atoms with Gasteiger partial charge in [0.2, 0.25) is 0 Å². The first-order valence-corrected chi connectivity index (χ1v) is 12.7. The number of fused-ring (bicyclic) bond motifs is 1. The number of aliphatic hydroxyl groups excluding tert-OH is 1. The third kappa shape index (κ3) is 4.84. The van der Waals surface area contributed by atoms with Crippen LogP contribution in [0.4, 0.5) is 13.2 Å². The lowest BCUT2D eigenvalue weighted by Gasteiger charge is -2.24. The van der Waals surface area contributed by atoms with Crippen molar-refractivity contribution >= 4 is 5.91 Å². The number of carbonyl (C=O) groups excluding carboxylic acids is 1. The van der Waals surface area contributed by atoms with E-state index in [-0.39, 0.29) is 24.2 Å². The minimum atomic E-state index is -4.60. The molecule has 0 bridgehead atoms. The van der Waals surface area contributed by atoms with Gasteiger partial charge in [-0.2, -0.15) is 13.2 Å². The van der Waals surface area contributed by atoms with Gasteiger partial charge in [0.05, 0.1) is 28.8 Å². The molecule has 2 N–H and O–H groups in total. The molecule has 1 saturated carbocycles. The normalized spacial score (nSPS) is 17.6. The van der Waals surface area contributed by atoms with E-state index in [1.807, 2.05) is 12.4 Å². The molecule has 1 atom stereocenters. The van der Waals surface area contributed by atoms with Crippen LogP contribution in [0, 0.1) is 0 Å². The van der Waals surface area contributed by atoms with Crippen molar-refractivity contribution in [3.63, 3.8) is 0 Å². The predicted molar refractivity (Wildman–Crippen MR) is 133 cm³/mol. The summed E-state index contributed by atoms with van der Waals surface area (Å²) >= 11 is 0. The highest BCUT2D eigenvalue weighted by Crippen LogP contribution is 2.52. The lowest BCUT2D eigenvalue weighted by Crippen LogP contribution is -2.36. The van der Waals surface area contributed by atoms with E-state index in [0.29, 0.717) is 35.8 Å². The first kappa shape index (κ1) is 26.1. The van der Waals surface area contributed by atoms with Crippen molar-refractivity contribution in [2.75, 3.05) is 6.54 Å². The van der Waals surface area contributed by atoms with Gasteiger partial charge in [0.1, 0.15) is 5.82 Å². The van der Waals surface area contributed by atoms with E-state index in [2.05, 4.69) is 29.9 Å². The fourth-order valence-electron chi connectivity index (χ4n) is 5.06. The predicted octanol–water partition coefficient (Wildman–Crippen LogP) is 4.40. The van der Waals surface area contributed by atoms with E-state index >= 15 is 0 Å². The van der Waals surface area contributed by atoms with E-state index < -0.39 is 29.2 Å². The van der Waals surface area contributed by atoms with Crippen molar-refractivity contribution in [2.24, 2.45) is 0 Å². The molecule has 0 spiro atoms. The molecule has 2 aliphatic rings. The van der Waals surface area contributed by atoms with Gasteiger partial charge in [-0.3, -0.25) is 14.6 Å². The monoisotopic (exact) mass is 526 g/mol. The van der Waals surface area contributed by atoms with Gasteiger partial charge >= 0.3 is 6.18 Å². The maximum absolute atomic E-state index is 13.2. The Hall–Kier alpha value is -3.53. The molecular formula is C28H29F3N4O3. The zero-order valence-electron chi connectivity index (χ0n) is 21.2. The minimum Gasteiger partial charge on any atom is -0.378 e. The van der Waals surface area contributed by atoms with Crippen LogP contribution in [0.1, 0.15) is 84.5 Å². The number of pyridine rings is 1. The summed E-state index contributed by atoms with van der Waals surface area (Å²) in [7, 11) is 0. The summed E-state index contributed by atoms with van der Waals surface area (Å²) in [5.41, 5.74) is 1.22. The topological polar surface area (TPSA) is 99.2 Å². The maximum atomic E-state index is 13.2. The van der Waals surface area contributed by atoms with Gasteiger partial charge in [-0.15, -0.1) is 0 Å². The Morgan fingerprint density at radius 2 is 1.92 bits per heavy atom. The molecule has 7 nitrogen and oxygen atoms in total. The number of halogens is 3. The number of nitrogens with zero attached hydrogens (tertiary/aromatic N) is 3. The van der Waals surface area contributed by atoms with Crippen molar-refractivity contribution in [3.05, 3.63) is 92.4 Å². The zero-order chi connectivity index (χ0) is 27.2. The Morgan fingerprint density at radius 3 is 2.61 bits per heavy atom. The molecule has 1 unspecified atom stereocenters. The molecule has 38 heavy (non-hydrogen) atoms. The highest BCUT2D eigenvalue weighted by Gasteiger charge is 2.49. The van der Waals surface area contributed by atoms with Gasteiger partial charge in [0.25, 0.3) is 11.5 Å². The molecule has 1 amide bonds. The molecule has 3 heterocycles. The van der Waals surface area contributed by atoms with Gasteiger partial charge in [-0.05, 0) is 60.4 Å². The largest absolute Gasteiger partial charge is 0.416 e. The number of hydrogen-bond acceptors (Lipinski definition) is 5. The summed E-state index contributed by atoms with van der Waals surface area (Å²) in [6.45, 7) is 4.36. The fraction of sp³-hybridized carbons (Fsp3) is 0.429. The van der Waals surface area contributed by atoms with Crippen LogP contribution in [-0.2, 0) is 29.4 Å². The smallest absolute Gasteiger partial charge is 0.378 e. The van der Waals surface area contributed by atoms with E-state index in [9.17, 15) is 27.9 Å². The summed E-state index contributed by atoms with van der Waals surface area (Å²) in [4.78, 5) is 39.8. The highest BCUT2D eigenvalue weighted by atomic mass is 19.4. The van der Waals surface area contributed by atoms with E-state index in [1.165, 1.54) is 11.0 Å². The number of aromatic nitrogens is 3. The van der Waals surface area contributed by atoms with Crippen molar-refractivity contribution in [1.82, 2.24) is 19.9 Å². The van der Waals surface area contributed by atoms with Crippen LogP contribution >= 0.6 is 0 Å². The second kappa shape index (κ2) is 9.65. The number of hydrogen-bond donors (Lipinski definition) is 2. The van der Waals surface area contributed by atoms with Crippen LogP contribution in [0.3, 0.4) is 0 Å².